The fraction of sp³-hybridized carbons (Fsp3) is 0.750. The van der Waals surface area contributed by atoms with Crippen LogP contribution < -0.4 is 4.74 Å². The first-order valence-corrected chi connectivity index (χ1v) is 14.7. The van der Waals surface area contributed by atoms with Gasteiger partial charge in [0.1, 0.15) is 5.75 Å². The van der Waals surface area contributed by atoms with Crippen LogP contribution in [0.1, 0.15) is 129 Å². The topological polar surface area (TPSA) is 9.23 Å². The van der Waals surface area contributed by atoms with Gasteiger partial charge in [0, 0.05) is 0 Å². The predicted molar refractivity (Wildman–Crippen MR) is 144 cm³/mol. The zero-order chi connectivity index (χ0) is 23.1. The molecule has 2 aliphatic rings. The number of aryl methyl sites for hydroxylation is 1. The average Bonchev–Trinajstić information content (AvgIpc) is 2.87. The lowest BCUT2D eigenvalue weighted by molar-refractivity contribution is 0.185. The minimum absolute atomic E-state index is 0.855. The minimum Gasteiger partial charge on any atom is -0.494 e. The Hall–Kier alpha value is -1.24. The summed E-state index contributed by atoms with van der Waals surface area (Å²) >= 11 is 0. The van der Waals surface area contributed by atoms with Crippen molar-refractivity contribution in [2.24, 2.45) is 17.8 Å². The molecule has 1 unspecified atom stereocenters. The number of benzene rings is 1. The molecule has 0 saturated heterocycles. The molecule has 0 radical (unpaired) electrons. The largest absolute Gasteiger partial charge is 0.494 e. The van der Waals surface area contributed by atoms with Crippen molar-refractivity contribution in [1.82, 2.24) is 0 Å². The molecule has 0 N–H and O–H groups in total. The molecule has 3 rings (SSSR count). The summed E-state index contributed by atoms with van der Waals surface area (Å²) in [6.45, 7) is 5.43. The van der Waals surface area contributed by atoms with Crippen molar-refractivity contribution in [2.45, 2.75) is 129 Å². The summed E-state index contributed by atoms with van der Waals surface area (Å²) in [5.74, 6) is 4.07. The zero-order valence-corrected chi connectivity index (χ0v) is 22.0. The molecule has 0 spiro atoms. The monoisotopic (exact) mass is 452 g/mol. The molecule has 2 aliphatic carbocycles. The second-order valence-corrected chi connectivity index (χ2v) is 11.1. The van der Waals surface area contributed by atoms with E-state index in [-0.39, 0.29) is 0 Å². The molecule has 0 amide bonds. The SMILES string of the molecule is CCCCCCOc1ccc(CCC2=CCC([C@H]3CC[C@H](CCCCCC)CC3)CC2)cc1. The number of ether oxygens (including phenoxy) is 1. The van der Waals surface area contributed by atoms with Gasteiger partial charge >= 0.3 is 0 Å². The molecular weight excluding hydrogens is 400 g/mol. The Kier molecular flexibility index (Phi) is 12.5. The Morgan fingerprint density at radius 3 is 2.12 bits per heavy atom. The zero-order valence-electron chi connectivity index (χ0n) is 22.0. The van der Waals surface area contributed by atoms with Crippen molar-refractivity contribution in [3.05, 3.63) is 41.5 Å². The van der Waals surface area contributed by atoms with E-state index in [0.717, 1.165) is 30.1 Å². The fourth-order valence-corrected chi connectivity index (χ4v) is 6.15. The van der Waals surface area contributed by atoms with Crippen LogP contribution in [-0.2, 0) is 6.42 Å². The summed E-state index contributed by atoms with van der Waals surface area (Å²) in [5, 5.41) is 0. The van der Waals surface area contributed by atoms with Crippen LogP contribution in [0, 0.1) is 17.8 Å². The molecule has 1 nitrogen and oxygen atoms in total. The third-order valence-electron chi connectivity index (χ3n) is 8.49. The molecule has 186 valence electrons. The Bertz CT molecular complexity index is 650. The fourth-order valence-electron chi connectivity index (χ4n) is 6.15. The van der Waals surface area contributed by atoms with Crippen molar-refractivity contribution in [3.8, 4) is 5.75 Å². The summed E-state index contributed by atoms with van der Waals surface area (Å²) in [6.07, 6.45) is 27.6. The van der Waals surface area contributed by atoms with Crippen LogP contribution in [0.25, 0.3) is 0 Å². The van der Waals surface area contributed by atoms with Crippen molar-refractivity contribution in [3.63, 3.8) is 0 Å². The van der Waals surface area contributed by atoms with Gasteiger partial charge in [-0.2, -0.15) is 0 Å². The summed E-state index contributed by atoms with van der Waals surface area (Å²) in [5.41, 5.74) is 3.17. The van der Waals surface area contributed by atoms with Gasteiger partial charge in [-0.05, 0) is 86.8 Å². The first kappa shape index (κ1) is 26.4. The van der Waals surface area contributed by atoms with Crippen LogP contribution in [0.15, 0.2) is 35.9 Å². The summed E-state index contributed by atoms with van der Waals surface area (Å²) in [6, 6.07) is 8.88. The normalized spacial score (nSPS) is 23.3. The molecule has 1 fully saturated rings. The molecule has 33 heavy (non-hydrogen) atoms. The van der Waals surface area contributed by atoms with E-state index in [0.29, 0.717) is 0 Å². The summed E-state index contributed by atoms with van der Waals surface area (Å²) in [4.78, 5) is 0. The van der Waals surface area contributed by atoms with Gasteiger partial charge in [0.2, 0.25) is 0 Å². The highest BCUT2D eigenvalue weighted by Gasteiger charge is 2.28. The van der Waals surface area contributed by atoms with Gasteiger partial charge < -0.3 is 4.74 Å². The van der Waals surface area contributed by atoms with Gasteiger partial charge in [0.25, 0.3) is 0 Å². The maximum Gasteiger partial charge on any atom is 0.119 e. The lowest BCUT2D eigenvalue weighted by Gasteiger charge is -2.35. The lowest BCUT2D eigenvalue weighted by Crippen LogP contribution is -2.23. The van der Waals surface area contributed by atoms with Crippen LogP contribution in [0.5, 0.6) is 5.75 Å². The third kappa shape index (κ3) is 9.87. The maximum absolute atomic E-state index is 5.90. The molecule has 1 aromatic rings. The second kappa shape index (κ2) is 15.6. The molecule has 1 saturated carbocycles. The van der Waals surface area contributed by atoms with Crippen molar-refractivity contribution >= 4 is 0 Å². The quantitative estimate of drug-likeness (QED) is 0.190. The number of hydrogen-bond donors (Lipinski definition) is 0. The van der Waals surface area contributed by atoms with E-state index in [2.05, 4.69) is 44.2 Å². The van der Waals surface area contributed by atoms with Crippen LogP contribution in [0.3, 0.4) is 0 Å². The molecule has 0 bridgehead atoms. The van der Waals surface area contributed by atoms with E-state index in [1.54, 1.807) is 5.57 Å². The van der Waals surface area contributed by atoms with Crippen LogP contribution >= 0.6 is 0 Å². The summed E-state index contributed by atoms with van der Waals surface area (Å²) < 4.78 is 5.90. The standard InChI is InChI=1S/C32H52O/c1-3-5-7-9-11-27-14-20-30(21-15-27)31-22-16-28(17-23-31)12-13-29-18-24-32(25-19-29)33-26-10-8-6-4-2/h16,18-19,24-25,27,30-31H,3-15,17,20-23,26H2,1-2H3/t27-,30-,31?. The first-order chi connectivity index (χ1) is 16.3. The molecule has 0 heterocycles. The Labute approximate surface area is 205 Å². The molecule has 1 aromatic carbocycles. The summed E-state index contributed by atoms with van der Waals surface area (Å²) in [7, 11) is 0. The van der Waals surface area contributed by atoms with E-state index in [1.165, 1.54) is 121 Å². The van der Waals surface area contributed by atoms with Crippen molar-refractivity contribution < 1.29 is 4.74 Å². The van der Waals surface area contributed by atoms with Crippen molar-refractivity contribution in [2.75, 3.05) is 6.61 Å². The van der Waals surface area contributed by atoms with Gasteiger partial charge in [-0.3, -0.25) is 0 Å². The van der Waals surface area contributed by atoms with Gasteiger partial charge in [-0.15, -0.1) is 0 Å². The van der Waals surface area contributed by atoms with E-state index < -0.39 is 0 Å². The minimum atomic E-state index is 0.855. The van der Waals surface area contributed by atoms with Crippen molar-refractivity contribution in [1.29, 1.82) is 0 Å². The predicted octanol–water partition coefficient (Wildman–Crippen LogP) is 10.1. The van der Waals surface area contributed by atoms with Crippen LogP contribution in [0.4, 0.5) is 0 Å². The Morgan fingerprint density at radius 1 is 0.727 bits per heavy atom. The Morgan fingerprint density at radius 2 is 1.45 bits per heavy atom. The molecule has 0 aliphatic heterocycles. The van der Waals surface area contributed by atoms with Gasteiger partial charge in [-0.1, -0.05) is 102 Å². The molecule has 1 atom stereocenters. The number of rotatable bonds is 15. The van der Waals surface area contributed by atoms with E-state index >= 15 is 0 Å². The Balaban J connectivity index is 1.30. The number of allylic oxidation sites excluding steroid dienone is 2. The highest BCUT2D eigenvalue weighted by Crippen LogP contribution is 2.41. The average molecular weight is 453 g/mol. The number of hydrogen-bond acceptors (Lipinski definition) is 1. The highest BCUT2D eigenvalue weighted by atomic mass is 16.5. The van der Waals surface area contributed by atoms with Crippen LogP contribution in [0.2, 0.25) is 0 Å². The van der Waals surface area contributed by atoms with E-state index in [9.17, 15) is 0 Å². The van der Waals surface area contributed by atoms with E-state index in [4.69, 9.17) is 4.74 Å². The van der Waals surface area contributed by atoms with E-state index in [1.807, 2.05) is 0 Å². The molecule has 0 aromatic heterocycles. The van der Waals surface area contributed by atoms with Gasteiger partial charge in [-0.25, -0.2) is 0 Å². The maximum atomic E-state index is 5.90. The third-order valence-corrected chi connectivity index (χ3v) is 8.49. The van der Waals surface area contributed by atoms with Gasteiger partial charge in [0.15, 0.2) is 0 Å². The highest BCUT2D eigenvalue weighted by molar-refractivity contribution is 5.28. The molecular formula is C32H52O. The second-order valence-electron chi connectivity index (χ2n) is 11.1. The smallest absolute Gasteiger partial charge is 0.119 e. The number of unbranched alkanes of at least 4 members (excludes halogenated alkanes) is 6. The van der Waals surface area contributed by atoms with Crippen LogP contribution in [-0.4, -0.2) is 6.61 Å². The lowest BCUT2D eigenvalue weighted by atomic mass is 9.70. The van der Waals surface area contributed by atoms with Gasteiger partial charge in [0.05, 0.1) is 6.61 Å². The molecule has 1 heteroatoms. The first-order valence-electron chi connectivity index (χ1n) is 14.7.